The number of halogens is 1. The van der Waals surface area contributed by atoms with Crippen LogP contribution in [-0.4, -0.2) is 4.92 Å². The molecule has 0 saturated heterocycles. The third-order valence-corrected chi connectivity index (χ3v) is 3.28. The van der Waals surface area contributed by atoms with E-state index in [1.165, 1.54) is 6.07 Å². The molecular formula is C14H15ClN2O3. The third kappa shape index (κ3) is 3.59. The number of nitrogens with zero attached hydrogens (tertiary/aromatic N) is 1. The van der Waals surface area contributed by atoms with Crippen LogP contribution < -0.4 is 5.32 Å². The van der Waals surface area contributed by atoms with E-state index in [-0.39, 0.29) is 11.9 Å². The molecule has 0 amide bonds. The summed E-state index contributed by atoms with van der Waals surface area (Å²) in [6.45, 7) is 2.51. The molecule has 0 fully saturated rings. The lowest BCUT2D eigenvalue weighted by Gasteiger charge is -2.16. The van der Waals surface area contributed by atoms with E-state index >= 15 is 0 Å². The fourth-order valence-electron chi connectivity index (χ4n) is 1.98. The van der Waals surface area contributed by atoms with Crippen LogP contribution in [0.1, 0.15) is 30.7 Å². The van der Waals surface area contributed by atoms with Crippen LogP contribution in [0.4, 0.5) is 5.88 Å². The SMILES string of the molecule is CCC(NCc1ccc([N+](=O)[O-])o1)c1ccc(Cl)cc1. The Labute approximate surface area is 121 Å². The van der Waals surface area contributed by atoms with Crippen LogP contribution in [-0.2, 0) is 6.54 Å². The molecule has 6 heteroatoms. The molecule has 0 saturated carbocycles. The summed E-state index contributed by atoms with van der Waals surface area (Å²) >= 11 is 5.87. The summed E-state index contributed by atoms with van der Waals surface area (Å²) < 4.78 is 5.11. The molecule has 1 heterocycles. The summed E-state index contributed by atoms with van der Waals surface area (Å²) in [5.74, 6) is 0.311. The first-order valence-corrected chi connectivity index (χ1v) is 6.70. The minimum absolute atomic E-state index is 0.149. The van der Waals surface area contributed by atoms with Gasteiger partial charge in [0.25, 0.3) is 0 Å². The smallest absolute Gasteiger partial charge is 0.404 e. The second kappa shape index (κ2) is 6.54. The number of benzene rings is 1. The van der Waals surface area contributed by atoms with Crippen molar-refractivity contribution in [3.63, 3.8) is 0 Å². The van der Waals surface area contributed by atoms with E-state index in [0.29, 0.717) is 17.3 Å². The van der Waals surface area contributed by atoms with Gasteiger partial charge in [-0.05, 0) is 30.2 Å². The molecule has 0 radical (unpaired) electrons. The molecule has 106 valence electrons. The third-order valence-electron chi connectivity index (χ3n) is 3.03. The standard InChI is InChI=1S/C14H15ClN2O3/c1-2-13(10-3-5-11(15)6-4-10)16-9-12-7-8-14(20-12)17(18)19/h3-8,13,16H,2,9H2,1H3. The highest BCUT2D eigenvalue weighted by Crippen LogP contribution is 2.21. The van der Waals surface area contributed by atoms with Crippen LogP contribution in [0.3, 0.4) is 0 Å². The van der Waals surface area contributed by atoms with Crippen LogP contribution in [0.5, 0.6) is 0 Å². The number of hydrogen-bond donors (Lipinski definition) is 1. The first kappa shape index (κ1) is 14.6. The molecule has 5 nitrogen and oxygen atoms in total. The summed E-state index contributed by atoms with van der Waals surface area (Å²) in [5.41, 5.74) is 1.12. The van der Waals surface area contributed by atoms with Crippen molar-refractivity contribution in [2.75, 3.05) is 0 Å². The van der Waals surface area contributed by atoms with Gasteiger partial charge in [0.2, 0.25) is 0 Å². The highest BCUT2D eigenvalue weighted by atomic mass is 35.5. The van der Waals surface area contributed by atoms with E-state index < -0.39 is 4.92 Å². The van der Waals surface area contributed by atoms with Gasteiger partial charge in [-0.3, -0.25) is 10.1 Å². The number of furan rings is 1. The molecule has 0 aliphatic carbocycles. The van der Waals surface area contributed by atoms with E-state index in [9.17, 15) is 10.1 Å². The molecule has 1 atom stereocenters. The van der Waals surface area contributed by atoms with Gasteiger partial charge in [-0.25, -0.2) is 0 Å². The molecule has 2 aromatic rings. The predicted molar refractivity (Wildman–Crippen MR) is 76.7 cm³/mol. The monoisotopic (exact) mass is 294 g/mol. The number of hydrogen-bond acceptors (Lipinski definition) is 4. The zero-order valence-electron chi connectivity index (χ0n) is 11.0. The van der Waals surface area contributed by atoms with Crippen LogP contribution in [0.2, 0.25) is 5.02 Å². The highest BCUT2D eigenvalue weighted by Gasteiger charge is 2.13. The normalized spacial score (nSPS) is 12.3. The van der Waals surface area contributed by atoms with Crippen LogP contribution in [0, 0.1) is 10.1 Å². The molecule has 0 aliphatic heterocycles. The van der Waals surface area contributed by atoms with Gasteiger partial charge in [0.05, 0.1) is 12.6 Å². The van der Waals surface area contributed by atoms with E-state index in [1.54, 1.807) is 6.07 Å². The maximum atomic E-state index is 10.5. The maximum absolute atomic E-state index is 10.5. The number of nitro groups is 1. The van der Waals surface area contributed by atoms with Crippen molar-refractivity contribution >= 4 is 17.5 Å². The first-order chi connectivity index (χ1) is 9.60. The van der Waals surface area contributed by atoms with Gasteiger partial charge in [-0.1, -0.05) is 30.7 Å². The van der Waals surface area contributed by atoms with E-state index in [2.05, 4.69) is 12.2 Å². The van der Waals surface area contributed by atoms with Crippen molar-refractivity contribution < 1.29 is 9.34 Å². The van der Waals surface area contributed by atoms with Gasteiger partial charge in [0.15, 0.2) is 0 Å². The van der Waals surface area contributed by atoms with Crippen molar-refractivity contribution in [3.8, 4) is 0 Å². The maximum Gasteiger partial charge on any atom is 0.433 e. The van der Waals surface area contributed by atoms with Crippen LogP contribution in [0.15, 0.2) is 40.8 Å². The van der Waals surface area contributed by atoms with Gasteiger partial charge in [0.1, 0.15) is 10.7 Å². The average molecular weight is 295 g/mol. The van der Waals surface area contributed by atoms with Gasteiger partial charge in [-0.15, -0.1) is 0 Å². The minimum atomic E-state index is -0.542. The molecular weight excluding hydrogens is 280 g/mol. The van der Waals surface area contributed by atoms with Gasteiger partial charge < -0.3 is 9.73 Å². The molecule has 1 N–H and O–H groups in total. The summed E-state index contributed by atoms with van der Waals surface area (Å²) in [6, 6.07) is 10.7. The van der Waals surface area contributed by atoms with Crippen molar-refractivity contribution in [3.05, 3.63) is 62.9 Å². The molecule has 0 bridgehead atoms. The van der Waals surface area contributed by atoms with Crippen molar-refractivity contribution in [2.45, 2.75) is 25.9 Å². The Bertz CT molecular complexity index is 580. The lowest BCUT2D eigenvalue weighted by atomic mass is 10.0. The summed E-state index contributed by atoms with van der Waals surface area (Å²) in [6.07, 6.45) is 0.893. The Balaban J connectivity index is 1.99. The van der Waals surface area contributed by atoms with Gasteiger partial charge in [-0.2, -0.15) is 0 Å². The molecule has 0 spiro atoms. The zero-order chi connectivity index (χ0) is 14.5. The number of nitrogens with one attached hydrogen (secondary N) is 1. The Morgan fingerprint density at radius 3 is 2.55 bits per heavy atom. The summed E-state index contributed by atoms with van der Waals surface area (Å²) in [7, 11) is 0. The highest BCUT2D eigenvalue weighted by molar-refractivity contribution is 6.30. The van der Waals surface area contributed by atoms with Crippen molar-refractivity contribution in [2.24, 2.45) is 0 Å². The molecule has 1 aromatic carbocycles. The lowest BCUT2D eigenvalue weighted by Crippen LogP contribution is -2.19. The Kier molecular flexibility index (Phi) is 4.76. The average Bonchev–Trinajstić information content (AvgIpc) is 2.90. The molecule has 2 rings (SSSR count). The summed E-state index contributed by atoms with van der Waals surface area (Å²) in [5, 5.41) is 14.6. The van der Waals surface area contributed by atoms with E-state index in [0.717, 1.165) is 12.0 Å². The molecule has 1 aromatic heterocycles. The largest absolute Gasteiger partial charge is 0.433 e. The Morgan fingerprint density at radius 1 is 1.30 bits per heavy atom. The minimum Gasteiger partial charge on any atom is -0.404 e. The first-order valence-electron chi connectivity index (χ1n) is 6.32. The van der Waals surface area contributed by atoms with Crippen molar-refractivity contribution in [1.82, 2.24) is 5.32 Å². The lowest BCUT2D eigenvalue weighted by molar-refractivity contribution is -0.402. The predicted octanol–water partition coefficient (Wildman–Crippen LogP) is 4.08. The second-order valence-electron chi connectivity index (χ2n) is 4.39. The molecule has 1 unspecified atom stereocenters. The van der Waals surface area contributed by atoms with Gasteiger partial charge in [0, 0.05) is 11.1 Å². The summed E-state index contributed by atoms with van der Waals surface area (Å²) in [4.78, 5) is 10.00. The number of rotatable bonds is 6. The van der Waals surface area contributed by atoms with Crippen LogP contribution in [0.25, 0.3) is 0 Å². The molecule has 20 heavy (non-hydrogen) atoms. The van der Waals surface area contributed by atoms with Gasteiger partial charge >= 0.3 is 5.88 Å². The second-order valence-corrected chi connectivity index (χ2v) is 4.83. The fraction of sp³-hybridized carbons (Fsp3) is 0.286. The van der Waals surface area contributed by atoms with E-state index in [4.69, 9.17) is 16.0 Å². The van der Waals surface area contributed by atoms with Crippen molar-refractivity contribution in [1.29, 1.82) is 0 Å². The fourth-order valence-corrected chi connectivity index (χ4v) is 2.10. The molecule has 0 aliphatic rings. The van der Waals surface area contributed by atoms with Crippen LogP contribution >= 0.6 is 11.6 Å². The van der Waals surface area contributed by atoms with E-state index in [1.807, 2.05) is 24.3 Å². The Hall–Kier alpha value is -1.85. The Morgan fingerprint density at radius 2 is 2.00 bits per heavy atom. The zero-order valence-corrected chi connectivity index (χ0v) is 11.8. The quantitative estimate of drug-likeness (QED) is 0.644. The topological polar surface area (TPSA) is 68.3 Å².